The molecule has 2 rings (SSSR count). The van der Waals surface area contributed by atoms with Crippen molar-refractivity contribution < 1.29 is 4.79 Å². The first-order chi connectivity index (χ1) is 14.4. The second-order valence-electron chi connectivity index (χ2n) is 7.34. The van der Waals surface area contributed by atoms with Crippen LogP contribution in [0.1, 0.15) is 55.2 Å². The van der Waals surface area contributed by atoms with Gasteiger partial charge in [-0.1, -0.05) is 43.6 Å². The van der Waals surface area contributed by atoms with Gasteiger partial charge < -0.3 is 5.32 Å². The van der Waals surface area contributed by atoms with Crippen LogP contribution in [0.2, 0.25) is 5.02 Å². The molecule has 7 heteroatoms. The zero-order valence-electron chi connectivity index (χ0n) is 18.4. The molecule has 0 aliphatic carbocycles. The van der Waals surface area contributed by atoms with E-state index in [0.717, 1.165) is 40.6 Å². The Morgan fingerprint density at radius 3 is 2.63 bits per heavy atom. The molecule has 0 spiro atoms. The van der Waals surface area contributed by atoms with Gasteiger partial charge in [0.25, 0.3) is 0 Å². The molecule has 1 atom stereocenters. The van der Waals surface area contributed by atoms with Crippen molar-refractivity contribution >= 4 is 17.5 Å². The third kappa shape index (κ3) is 6.07. The Morgan fingerprint density at radius 2 is 2.00 bits per heavy atom. The van der Waals surface area contributed by atoms with Crippen molar-refractivity contribution in [3.63, 3.8) is 0 Å². The number of aromatic nitrogens is 2. The van der Waals surface area contributed by atoms with Gasteiger partial charge in [-0.2, -0.15) is 10.4 Å². The summed E-state index contributed by atoms with van der Waals surface area (Å²) in [6.07, 6.45) is 1.47. The van der Waals surface area contributed by atoms with E-state index in [-0.39, 0.29) is 11.9 Å². The van der Waals surface area contributed by atoms with E-state index in [9.17, 15) is 4.79 Å². The number of nitrogens with zero attached hydrogens (tertiary/aromatic N) is 4. The molecule has 1 unspecified atom stereocenters. The number of nitriles is 1. The second kappa shape index (κ2) is 11.7. The molecule has 0 saturated heterocycles. The topological polar surface area (TPSA) is 74.0 Å². The molecule has 0 saturated carbocycles. The van der Waals surface area contributed by atoms with Gasteiger partial charge in [0.2, 0.25) is 5.91 Å². The van der Waals surface area contributed by atoms with Gasteiger partial charge in [-0.25, -0.2) is 0 Å². The van der Waals surface area contributed by atoms with E-state index in [1.807, 2.05) is 42.8 Å². The molecule has 30 heavy (non-hydrogen) atoms. The molecule has 0 bridgehead atoms. The Kier molecular flexibility index (Phi) is 9.35. The zero-order chi connectivity index (χ0) is 22.1. The summed E-state index contributed by atoms with van der Waals surface area (Å²) in [7, 11) is 0. The summed E-state index contributed by atoms with van der Waals surface area (Å²) in [6.45, 7) is 11.0. The summed E-state index contributed by atoms with van der Waals surface area (Å²) < 4.78 is 1.86. The van der Waals surface area contributed by atoms with E-state index in [1.54, 1.807) is 0 Å². The molecule has 0 fully saturated rings. The lowest BCUT2D eigenvalue weighted by molar-refractivity contribution is -0.121. The molecule has 1 N–H and O–H groups in total. The predicted molar refractivity (Wildman–Crippen MR) is 120 cm³/mol. The van der Waals surface area contributed by atoms with E-state index >= 15 is 0 Å². The maximum atomic E-state index is 12.6. The molecule has 162 valence electrons. The lowest BCUT2D eigenvalue weighted by Crippen LogP contribution is -2.38. The quantitative estimate of drug-likeness (QED) is 0.580. The van der Waals surface area contributed by atoms with Gasteiger partial charge in [0.15, 0.2) is 0 Å². The molecule has 2 aromatic rings. The standard InChI is InChI=1S/C23H32ClN5O/c1-5-28(6-2)22(20-10-7-8-11-21(20)24)16-26-23(30)13-12-19-17(3)27-29(18(19)4)15-9-14-25/h7-8,10-11,22H,5-6,9,12-13,15-16H2,1-4H3,(H,26,30). The first kappa shape index (κ1) is 23.9. The number of amides is 1. The van der Waals surface area contributed by atoms with Crippen molar-refractivity contribution in [1.29, 1.82) is 5.26 Å². The Morgan fingerprint density at radius 1 is 1.30 bits per heavy atom. The Balaban J connectivity index is 2.01. The monoisotopic (exact) mass is 429 g/mol. The maximum Gasteiger partial charge on any atom is 0.220 e. The van der Waals surface area contributed by atoms with Crippen molar-refractivity contribution in [2.75, 3.05) is 19.6 Å². The van der Waals surface area contributed by atoms with Crippen LogP contribution < -0.4 is 5.32 Å². The first-order valence-electron chi connectivity index (χ1n) is 10.6. The van der Waals surface area contributed by atoms with Gasteiger partial charge in [-0.05, 0) is 50.6 Å². The van der Waals surface area contributed by atoms with E-state index in [4.69, 9.17) is 16.9 Å². The number of aryl methyl sites for hydroxylation is 2. The number of rotatable bonds is 11. The van der Waals surface area contributed by atoms with Crippen LogP contribution in [-0.4, -0.2) is 40.2 Å². The van der Waals surface area contributed by atoms with Crippen LogP contribution in [-0.2, 0) is 17.8 Å². The number of nitrogens with one attached hydrogen (secondary N) is 1. The van der Waals surface area contributed by atoms with E-state index in [0.29, 0.717) is 32.4 Å². The van der Waals surface area contributed by atoms with E-state index < -0.39 is 0 Å². The molecular formula is C23H32ClN5O. The summed E-state index contributed by atoms with van der Waals surface area (Å²) >= 11 is 6.44. The summed E-state index contributed by atoms with van der Waals surface area (Å²) in [4.78, 5) is 14.9. The lowest BCUT2D eigenvalue weighted by atomic mass is 10.0. The summed E-state index contributed by atoms with van der Waals surface area (Å²) in [5.74, 6) is 0.0165. The highest BCUT2D eigenvalue weighted by Gasteiger charge is 2.21. The maximum absolute atomic E-state index is 12.6. The average Bonchev–Trinajstić information content (AvgIpc) is 3.01. The normalized spacial score (nSPS) is 12.0. The van der Waals surface area contributed by atoms with Crippen LogP contribution in [0.3, 0.4) is 0 Å². The molecule has 1 aromatic heterocycles. The van der Waals surface area contributed by atoms with Crippen LogP contribution in [0, 0.1) is 25.2 Å². The number of hydrogen-bond acceptors (Lipinski definition) is 4. The van der Waals surface area contributed by atoms with Crippen LogP contribution in [0.15, 0.2) is 24.3 Å². The molecule has 0 aliphatic rings. The molecule has 0 aliphatic heterocycles. The van der Waals surface area contributed by atoms with Gasteiger partial charge in [0.05, 0.1) is 30.8 Å². The molecule has 6 nitrogen and oxygen atoms in total. The third-order valence-electron chi connectivity index (χ3n) is 5.58. The number of likely N-dealkylation sites (N-methyl/N-ethyl adjacent to an activating group) is 1. The summed E-state index contributed by atoms with van der Waals surface area (Å²) in [6, 6.07) is 10.0. The zero-order valence-corrected chi connectivity index (χ0v) is 19.2. The fraction of sp³-hybridized carbons (Fsp3) is 0.522. The highest BCUT2D eigenvalue weighted by Crippen LogP contribution is 2.27. The van der Waals surface area contributed by atoms with Gasteiger partial charge in [-0.15, -0.1) is 0 Å². The average molecular weight is 430 g/mol. The van der Waals surface area contributed by atoms with Gasteiger partial charge in [0.1, 0.15) is 0 Å². The molecule has 0 radical (unpaired) electrons. The highest BCUT2D eigenvalue weighted by atomic mass is 35.5. The van der Waals surface area contributed by atoms with Gasteiger partial charge in [0, 0.05) is 23.7 Å². The van der Waals surface area contributed by atoms with Crippen molar-refractivity contribution in [3.05, 3.63) is 51.8 Å². The van der Waals surface area contributed by atoms with Crippen LogP contribution in [0.25, 0.3) is 0 Å². The smallest absolute Gasteiger partial charge is 0.220 e. The molecule has 1 heterocycles. The predicted octanol–water partition coefficient (Wildman–Crippen LogP) is 4.20. The first-order valence-corrected chi connectivity index (χ1v) is 11.0. The van der Waals surface area contributed by atoms with Crippen molar-refractivity contribution in [3.8, 4) is 6.07 Å². The Labute approximate surface area is 184 Å². The van der Waals surface area contributed by atoms with E-state index in [1.165, 1.54) is 0 Å². The number of carbonyl (C=O) groups is 1. The minimum Gasteiger partial charge on any atom is -0.354 e. The summed E-state index contributed by atoms with van der Waals surface area (Å²) in [5, 5.41) is 17.1. The minimum atomic E-state index is 0.0165. The Hall–Kier alpha value is -2.36. The lowest BCUT2D eigenvalue weighted by Gasteiger charge is -2.31. The van der Waals surface area contributed by atoms with Crippen molar-refractivity contribution in [2.24, 2.45) is 0 Å². The van der Waals surface area contributed by atoms with Crippen molar-refractivity contribution in [1.82, 2.24) is 20.0 Å². The Bertz CT molecular complexity index is 882. The number of halogens is 1. The molecular weight excluding hydrogens is 398 g/mol. The second-order valence-corrected chi connectivity index (χ2v) is 7.75. The van der Waals surface area contributed by atoms with Gasteiger partial charge >= 0.3 is 0 Å². The fourth-order valence-electron chi connectivity index (χ4n) is 3.85. The number of carbonyl (C=O) groups excluding carboxylic acids is 1. The molecule has 1 amide bonds. The fourth-order valence-corrected chi connectivity index (χ4v) is 4.11. The highest BCUT2D eigenvalue weighted by molar-refractivity contribution is 6.31. The SMILES string of the molecule is CCN(CC)C(CNC(=O)CCc1c(C)nn(CCC#N)c1C)c1ccccc1Cl. The van der Waals surface area contributed by atoms with Crippen molar-refractivity contribution in [2.45, 2.75) is 59.5 Å². The molecule has 1 aromatic carbocycles. The number of benzene rings is 1. The minimum absolute atomic E-state index is 0.0165. The van der Waals surface area contributed by atoms with Crippen LogP contribution in [0.4, 0.5) is 0 Å². The van der Waals surface area contributed by atoms with Crippen LogP contribution >= 0.6 is 11.6 Å². The van der Waals surface area contributed by atoms with Crippen LogP contribution in [0.5, 0.6) is 0 Å². The largest absolute Gasteiger partial charge is 0.354 e. The van der Waals surface area contributed by atoms with Gasteiger partial charge in [-0.3, -0.25) is 14.4 Å². The summed E-state index contributed by atoms with van der Waals surface area (Å²) in [5.41, 5.74) is 4.09. The number of hydrogen-bond donors (Lipinski definition) is 1. The third-order valence-corrected chi connectivity index (χ3v) is 5.92. The van der Waals surface area contributed by atoms with E-state index in [2.05, 4.69) is 35.2 Å².